The number of aliphatic imine (C=N–C) groups is 1. The molecule has 0 aliphatic carbocycles. The number of hydrogen-bond acceptors (Lipinski definition) is 5. The van der Waals surface area contributed by atoms with E-state index in [1.54, 1.807) is 0 Å². The van der Waals surface area contributed by atoms with E-state index in [1.165, 1.54) is 10.4 Å². The molecule has 1 saturated heterocycles. The van der Waals surface area contributed by atoms with E-state index in [4.69, 9.17) is 9.42 Å². The molecule has 0 unspecified atom stereocenters. The van der Waals surface area contributed by atoms with Crippen molar-refractivity contribution in [2.45, 2.75) is 38.4 Å². The van der Waals surface area contributed by atoms with Crippen LogP contribution in [0.25, 0.3) is 0 Å². The van der Waals surface area contributed by atoms with Gasteiger partial charge >= 0.3 is 0 Å². The van der Waals surface area contributed by atoms with Gasteiger partial charge in [-0.15, -0.1) is 0 Å². The summed E-state index contributed by atoms with van der Waals surface area (Å²) >= 11 is 0. The molecule has 7 heteroatoms. The maximum Gasteiger partial charge on any atom is 0.261 e. The van der Waals surface area contributed by atoms with Gasteiger partial charge in [-0.25, -0.2) is 4.99 Å². The topological polar surface area (TPSA) is 77.7 Å². The summed E-state index contributed by atoms with van der Waals surface area (Å²) < 4.78 is 7.27. The van der Waals surface area contributed by atoms with E-state index in [1.807, 2.05) is 95.9 Å². The lowest BCUT2D eigenvalue weighted by atomic mass is 10.0. The largest absolute Gasteiger partial charge is 0.405 e. The average molecular weight is 663 g/mol. The predicted molar refractivity (Wildman–Crippen MR) is 200 cm³/mol. The van der Waals surface area contributed by atoms with Crippen molar-refractivity contribution in [3.63, 3.8) is 0 Å². The Hall–Kier alpha value is -5.13. The zero-order valence-corrected chi connectivity index (χ0v) is 29.3. The molecule has 1 heterocycles. The van der Waals surface area contributed by atoms with Crippen molar-refractivity contribution in [3.05, 3.63) is 162 Å². The van der Waals surface area contributed by atoms with Crippen molar-refractivity contribution < 1.29 is 9.22 Å². The summed E-state index contributed by atoms with van der Waals surface area (Å²) in [5, 5.41) is 15.6. The third-order valence-electron chi connectivity index (χ3n) is 9.19. The van der Waals surface area contributed by atoms with Crippen molar-refractivity contribution in [2.75, 3.05) is 19.7 Å². The van der Waals surface area contributed by atoms with Crippen LogP contribution in [0.15, 0.2) is 145 Å². The Morgan fingerprint density at radius 1 is 0.837 bits per heavy atom. The predicted octanol–water partition coefficient (Wildman–Crippen LogP) is 6.60. The number of carbonyl (C=O) groups is 1. The molecule has 5 aromatic carbocycles. The number of nitrogens with one attached hydrogen (secondary N) is 1. The molecule has 5 aromatic rings. The summed E-state index contributed by atoms with van der Waals surface area (Å²) in [6.07, 6.45) is 0. The number of rotatable bonds is 10. The maximum atomic E-state index is 13.6. The minimum Gasteiger partial charge on any atom is -0.405 e. The van der Waals surface area contributed by atoms with Crippen LogP contribution in [-0.4, -0.2) is 50.6 Å². The van der Waals surface area contributed by atoms with Crippen LogP contribution >= 0.6 is 0 Å². The van der Waals surface area contributed by atoms with Crippen molar-refractivity contribution in [3.8, 4) is 6.07 Å². The van der Waals surface area contributed by atoms with Gasteiger partial charge in [0.25, 0.3) is 8.32 Å². The van der Waals surface area contributed by atoms with Gasteiger partial charge in [-0.3, -0.25) is 4.79 Å². The molecule has 1 N–H and O–H groups in total. The first-order valence-corrected chi connectivity index (χ1v) is 18.7. The molecule has 1 aliphatic rings. The Morgan fingerprint density at radius 3 is 1.88 bits per heavy atom. The van der Waals surface area contributed by atoms with E-state index in [9.17, 15) is 10.1 Å². The third-order valence-corrected chi connectivity index (χ3v) is 14.2. The average Bonchev–Trinajstić information content (AvgIpc) is 3.13. The maximum absolute atomic E-state index is 13.6. The summed E-state index contributed by atoms with van der Waals surface area (Å²) in [5.74, 6) is 0.0194. The number of nitrogens with zero attached hydrogens (tertiary/aromatic N) is 3. The molecule has 6 nitrogen and oxygen atoms in total. The Morgan fingerprint density at radius 2 is 1.37 bits per heavy atom. The van der Waals surface area contributed by atoms with Crippen LogP contribution in [0, 0.1) is 11.3 Å². The molecule has 246 valence electrons. The minimum atomic E-state index is -2.80. The highest BCUT2D eigenvalue weighted by Gasteiger charge is 2.50. The van der Waals surface area contributed by atoms with Crippen molar-refractivity contribution >= 4 is 36.0 Å². The first-order chi connectivity index (χ1) is 23.8. The summed E-state index contributed by atoms with van der Waals surface area (Å²) in [6.45, 7) is 8.45. The molecule has 0 spiro atoms. The molecule has 0 radical (unpaired) electrons. The summed E-state index contributed by atoms with van der Waals surface area (Å²) in [6, 6.07) is 49.0. The van der Waals surface area contributed by atoms with E-state index in [2.05, 4.69) is 80.7 Å². The summed E-state index contributed by atoms with van der Waals surface area (Å²) in [5.41, 5.74) is 4.66. The van der Waals surface area contributed by atoms with E-state index >= 15 is 0 Å². The molecule has 0 aromatic heterocycles. The molecule has 0 saturated carbocycles. The molecule has 1 aliphatic heterocycles. The van der Waals surface area contributed by atoms with Crippen LogP contribution < -0.4 is 15.7 Å². The highest BCUT2D eigenvalue weighted by Crippen LogP contribution is 2.37. The Kier molecular flexibility index (Phi) is 10.3. The monoisotopic (exact) mass is 662 g/mol. The smallest absolute Gasteiger partial charge is 0.261 e. The molecule has 0 bridgehead atoms. The second kappa shape index (κ2) is 15.0. The molecular weight excluding hydrogens is 621 g/mol. The lowest BCUT2D eigenvalue weighted by Gasteiger charge is -2.45. The molecular formula is C42H42N4O2Si. The number of hydrogen-bond donors (Lipinski definition) is 1. The van der Waals surface area contributed by atoms with Gasteiger partial charge in [0.05, 0.1) is 36.2 Å². The van der Waals surface area contributed by atoms with E-state index in [0.29, 0.717) is 30.9 Å². The molecule has 1 atom stereocenters. The van der Waals surface area contributed by atoms with Gasteiger partial charge in [0, 0.05) is 24.2 Å². The second-order valence-electron chi connectivity index (χ2n) is 13.4. The van der Waals surface area contributed by atoms with Gasteiger partial charge in [-0.05, 0) is 33.1 Å². The third kappa shape index (κ3) is 7.32. The minimum absolute atomic E-state index is 0.0194. The Labute approximate surface area is 290 Å². The number of nitriles is 1. The van der Waals surface area contributed by atoms with Gasteiger partial charge in [-0.2, -0.15) is 5.26 Å². The van der Waals surface area contributed by atoms with Crippen molar-refractivity contribution in [1.82, 2.24) is 10.2 Å². The normalized spacial score (nSPS) is 15.0. The molecule has 1 fully saturated rings. The highest BCUT2D eigenvalue weighted by molar-refractivity contribution is 6.99. The summed E-state index contributed by atoms with van der Waals surface area (Å²) in [4.78, 5) is 20.6. The number of carbonyl (C=O) groups excluding carboxylic acids is 1. The van der Waals surface area contributed by atoms with E-state index in [-0.39, 0.29) is 23.5 Å². The van der Waals surface area contributed by atoms with Gasteiger partial charge < -0.3 is 14.6 Å². The molecule has 6 rings (SSSR count). The van der Waals surface area contributed by atoms with Gasteiger partial charge in [0.1, 0.15) is 6.07 Å². The molecule has 49 heavy (non-hydrogen) atoms. The highest BCUT2D eigenvalue weighted by atomic mass is 28.4. The fraction of sp³-hybridized carbons (Fsp3) is 0.214. The van der Waals surface area contributed by atoms with Gasteiger partial charge in [-0.1, -0.05) is 148 Å². The molecule has 1 amide bonds. The number of piperazine rings is 1. The first kappa shape index (κ1) is 33.8. The van der Waals surface area contributed by atoms with Crippen LogP contribution in [0.4, 0.5) is 5.69 Å². The fourth-order valence-electron chi connectivity index (χ4n) is 6.78. The number of amides is 1. The van der Waals surface area contributed by atoms with Crippen molar-refractivity contribution in [1.29, 1.82) is 5.26 Å². The van der Waals surface area contributed by atoms with Gasteiger partial charge in [0.15, 0.2) is 0 Å². The standard InChI is InChI=1S/C42H42N4O2Si/c1-42(2,3)49(37-20-12-6-13-21-37,38-22-14-7-15-23-38)48-31-36-28-44-29-40(47)46(36)30-32-24-25-35(27-43)39(26-32)45-41(33-16-8-4-9-17-33)34-18-10-5-11-19-34/h4-26,36,44H,28-31H2,1-3H3/t36-/m1/s1. The van der Waals surface area contributed by atoms with Crippen LogP contribution in [-0.2, 0) is 15.8 Å². The lowest BCUT2D eigenvalue weighted by Crippen LogP contribution is -2.68. The van der Waals surface area contributed by atoms with E-state index < -0.39 is 8.32 Å². The quantitative estimate of drug-likeness (QED) is 0.135. The fourth-order valence-corrected chi connectivity index (χ4v) is 11.4. The van der Waals surface area contributed by atoms with Crippen LogP contribution in [0.2, 0.25) is 5.04 Å². The Balaban J connectivity index is 1.34. The Bertz CT molecular complexity index is 1850. The lowest BCUT2D eigenvalue weighted by molar-refractivity contribution is -0.136. The second-order valence-corrected chi connectivity index (χ2v) is 17.7. The van der Waals surface area contributed by atoms with E-state index in [0.717, 1.165) is 22.4 Å². The zero-order valence-electron chi connectivity index (χ0n) is 28.3. The summed E-state index contributed by atoms with van der Waals surface area (Å²) in [7, 11) is -2.80. The first-order valence-electron chi connectivity index (χ1n) is 16.8. The van der Waals surface area contributed by atoms with Crippen LogP contribution in [0.5, 0.6) is 0 Å². The van der Waals surface area contributed by atoms with Crippen LogP contribution in [0.3, 0.4) is 0 Å². The SMILES string of the molecule is CC(C)(C)[Si](OC[C@H]1CNCC(=O)N1Cc1ccc(C#N)c(N=C(c2ccccc2)c2ccccc2)c1)(c1ccccc1)c1ccccc1. The van der Waals surface area contributed by atoms with Crippen LogP contribution in [0.1, 0.15) is 43.0 Å². The van der Waals surface area contributed by atoms with Crippen molar-refractivity contribution in [2.24, 2.45) is 4.99 Å². The number of benzene rings is 5. The van der Waals surface area contributed by atoms with Gasteiger partial charge in [0.2, 0.25) is 5.91 Å². The zero-order chi connectivity index (χ0) is 34.3.